The van der Waals surface area contributed by atoms with Gasteiger partial charge in [-0.15, -0.1) is 0 Å². The average Bonchev–Trinajstić information content (AvgIpc) is 3.32. The third-order valence-corrected chi connectivity index (χ3v) is 6.67. The Bertz CT molecular complexity index is 2110. The Labute approximate surface area is 224 Å². The number of hydrogen-bond acceptors (Lipinski definition) is 3. The molecule has 6 rings (SSSR count). The van der Waals surface area contributed by atoms with Crippen LogP contribution in [0.25, 0.3) is 55.2 Å². The Morgan fingerprint density at radius 1 is 0.750 bits per heavy atom. The minimum atomic E-state index is -2.60. The molecule has 0 fully saturated rings. The van der Waals surface area contributed by atoms with E-state index in [1.165, 1.54) is 12.3 Å². The normalized spacial score (nSPS) is 16.9. The fraction of sp³-hybridized carbons (Fsp3) is 0.212. The average molecular weight is 480 g/mol. The van der Waals surface area contributed by atoms with Gasteiger partial charge >= 0.3 is 0 Å². The number of aromatic nitrogens is 2. The van der Waals surface area contributed by atoms with E-state index in [-0.39, 0.29) is 28.1 Å². The number of hydrogen-bond donors (Lipinski definition) is 0. The first-order valence-corrected chi connectivity index (χ1v) is 11.8. The zero-order chi connectivity index (χ0) is 32.7. The molecule has 0 saturated carbocycles. The van der Waals surface area contributed by atoms with Gasteiger partial charge in [-0.2, -0.15) is 0 Å². The van der Waals surface area contributed by atoms with Crippen molar-refractivity contribution in [1.29, 1.82) is 0 Å². The van der Waals surface area contributed by atoms with E-state index in [1.807, 2.05) is 51.1 Å². The summed E-state index contributed by atoms with van der Waals surface area (Å²) < 4.78 is 80.0. The first kappa shape index (κ1) is 14.5. The molecular weight excluding hydrogens is 440 g/mol. The van der Waals surface area contributed by atoms with Crippen LogP contribution in [0.15, 0.2) is 77.3 Å². The number of para-hydroxylation sites is 1. The summed E-state index contributed by atoms with van der Waals surface area (Å²) in [5, 5.41) is 2.76. The van der Waals surface area contributed by atoms with Crippen molar-refractivity contribution in [3.8, 4) is 22.4 Å². The summed E-state index contributed by atoms with van der Waals surface area (Å²) in [6.45, 7) is -1.53. The van der Waals surface area contributed by atoms with E-state index in [0.29, 0.717) is 38.6 Å². The zero-order valence-electron chi connectivity index (χ0n) is 29.2. The van der Waals surface area contributed by atoms with Crippen LogP contribution in [-0.2, 0) is 5.41 Å². The largest absolute Gasteiger partial charge is 0.437 e. The molecule has 3 aromatic carbocycles. The number of pyridine rings is 2. The highest BCUT2D eigenvalue weighted by Crippen LogP contribution is 2.41. The Balaban J connectivity index is 1.69. The summed E-state index contributed by atoms with van der Waals surface area (Å²) in [6, 6.07) is 19.2. The maximum absolute atomic E-state index is 8.53. The van der Waals surface area contributed by atoms with Crippen LogP contribution >= 0.6 is 0 Å². The molecule has 0 spiro atoms. The molecule has 0 unspecified atom stereocenters. The smallest absolute Gasteiger partial charge is 0.227 e. The maximum atomic E-state index is 8.53. The first-order chi connectivity index (χ1) is 20.9. The molecule has 0 atom stereocenters. The quantitative estimate of drug-likeness (QED) is 0.249. The van der Waals surface area contributed by atoms with Gasteiger partial charge in [-0.1, -0.05) is 63.2 Å². The zero-order valence-corrected chi connectivity index (χ0v) is 20.2. The summed E-state index contributed by atoms with van der Waals surface area (Å²) in [4.78, 5) is 8.78. The summed E-state index contributed by atoms with van der Waals surface area (Å²) in [6.07, 6.45) is 1.28. The molecule has 0 aliphatic carbocycles. The van der Waals surface area contributed by atoms with Gasteiger partial charge in [0.2, 0.25) is 5.71 Å². The van der Waals surface area contributed by atoms with Crippen molar-refractivity contribution in [2.75, 3.05) is 0 Å². The van der Waals surface area contributed by atoms with Crippen LogP contribution in [0, 0.1) is 20.6 Å². The highest BCUT2D eigenvalue weighted by atomic mass is 16.3. The van der Waals surface area contributed by atoms with Crippen LogP contribution in [0.2, 0.25) is 0 Å². The number of aryl methyl sites for hydroxylation is 3. The monoisotopic (exact) mass is 479 g/mol. The molecule has 0 N–H and O–H groups in total. The van der Waals surface area contributed by atoms with Crippen molar-refractivity contribution in [1.82, 2.24) is 9.97 Å². The predicted molar refractivity (Wildman–Crippen MR) is 151 cm³/mol. The lowest BCUT2D eigenvalue weighted by atomic mass is 9.80. The van der Waals surface area contributed by atoms with Gasteiger partial charge in [0.25, 0.3) is 0 Å². The first-order valence-electron chi connectivity index (χ1n) is 16.3. The lowest BCUT2D eigenvalue weighted by Crippen LogP contribution is -2.12. The number of benzene rings is 3. The highest BCUT2D eigenvalue weighted by Gasteiger charge is 2.22. The van der Waals surface area contributed by atoms with E-state index in [4.69, 9.17) is 16.8 Å². The van der Waals surface area contributed by atoms with Crippen LogP contribution in [0.5, 0.6) is 0 Å². The summed E-state index contributed by atoms with van der Waals surface area (Å²) in [5.74, 6) is 0. The molecule has 3 aromatic heterocycles. The van der Waals surface area contributed by atoms with Gasteiger partial charge in [0.1, 0.15) is 5.58 Å². The molecule has 0 bridgehead atoms. The lowest BCUT2D eigenvalue weighted by Gasteiger charge is -2.25. The van der Waals surface area contributed by atoms with Gasteiger partial charge in [0, 0.05) is 40.6 Å². The number of rotatable bonds is 2. The van der Waals surface area contributed by atoms with Crippen LogP contribution in [0.3, 0.4) is 0 Å². The minimum absolute atomic E-state index is 0.0529. The third-order valence-electron chi connectivity index (χ3n) is 6.67. The molecule has 3 nitrogen and oxygen atoms in total. The maximum Gasteiger partial charge on any atom is 0.227 e. The molecule has 6 aromatic rings. The fourth-order valence-electron chi connectivity index (χ4n) is 4.98. The van der Waals surface area contributed by atoms with Gasteiger partial charge in [0.05, 0.1) is 5.69 Å². The molecule has 0 aliphatic rings. The van der Waals surface area contributed by atoms with E-state index < -0.39 is 26.0 Å². The molecule has 178 valence electrons. The van der Waals surface area contributed by atoms with Gasteiger partial charge in [-0.3, -0.25) is 4.98 Å². The van der Waals surface area contributed by atoms with Crippen molar-refractivity contribution in [3.63, 3.8) is 0 Å². The van der Waals surface area contributed by atoms with Crippen LogP contribution < -0.4 is 0 Å². The van der Waals surface area contributed by atoms with Crippen molar-refractivity contribution < 1.29 is 16.8 Å². The molecule has 3 heteroatoms. The lowest BCUT2D eigenvalue weighted by molar-refractivity contribution is 0.595. The summed E-state index contributed by atoms with van der Waals surface area (Å²) in [5.41, 5.74) is 2.31. The third kappa shape index (κ3) is 3.50. The number of furan rings is 1. The van der Waals surface area contributed by atoms with Crippen molar-refractivity contribution in [2.24, 2.45) is 0 Å². The van der Waals surface area contributed by atoms with Gasteiger partial charge < -0.3 is 4.42 Å². The second-order valence-corrected chi connectivity index (χ2v) is 10.1. The molecule has 0 radical (unpaired) electrons. The van der Waals surface area contributed by atoms with Gasteiger partial charge in [-0.25, -0.2) is 4.98 Å². The second-order valence-electron chi connectivity index (χ2n) is 10.1. The van der Waals surface area contributed by atoms with Crippen LogP contribution in [0.4, 0.5) is 0 Å². The van der Waals surface area contributed by atoms with E-state index in [9.17, 15) is 0 Å². The van der Waals surface area contributed by atoms with E-state index in [2.05, 4.69) is 9.97 Å². The molecule has 0 saturated heterocycles. The van der Waals surface area contributed by atoms with Crippen molar-refractivity contribution in [3.05, 3.63) is 95.3 Å². The Morgan fingerprint density at radius 2 is 1.56 bits per heavy atom. The topological polar surface area (TPSA) is 38.9 Å². The van der Waals surface area contributed by atoms with Crippen molar-refractivity contribution >= 4 is 32.8 Å². The van der Waals surface area contributed by atoms with Crippen LogP contribution in [-0.4, -0.2) is 9.97 Å². The second kappa shape index (κ2) is 8.03. The van der Waals surface area contributed by atoms with Crippen molar-refractivity contribution in [2.45, 2.75) is 46.7 Å². The SMILES string of the molecule is [2H]C([2H])([2H])c1ccc2c(n1)oc1c(-c3cc(-c4c(C([2H])([2H])[2H])cc(C(C)(C)C)c5ccccc45)c(C([2H])([2H])[2H])cn3)cccc12. The number of fused-ring (bicyclic) bond motifs is 4. The van der Waals surface area contributed by atoms with Crippen LogP contribution in [0.1, 0.15) is 55.5 Å². The van der Waals surface area contributed by atoms with Gasteiger partial charge in [0.15, 0.2) is 0 Å². The standard InChI is InChI=1S/C33H30N2O/c1-19-16-28(33(4,5)6)22-10-7-8-11-23(22)30(19)27-17-29(34-18-20(27)2)26-13-9-12-24-25-15-14-21(3)35-32(25)36-31(24)26/h7-18H,1-6H3/i1D3,2D3,3D3. The molecule has 36 heavy (non-hydrogen) atoms. The minimum Gasteiger partial charge on any atom is -0.437 e. The Kier molecular flexibility index (Phi) is 3.24. The molecular formula is C33H30N2O. The van der Waals surface area contributed by atoms with E-state index >= 15 is 0 Å². The highest BCUT2D eigenvalue weighted by molar-refractivity contribution is 6.08. The molecule has 0 aliphatic heterocycles. The fourth-order valence-corrected chi connectivity index (χ4v) is 4.98. The Hall–Kier alpha value is -3.98. The molecule has 0 amide bonds. The summed E-state index contributed by atoms with van der Waals surface area (Å²) >= 11 is 0. The van der Waals surface area contributed by atoms with E-state index in [0.717, 1.165) is 10.9 Å². The number of nitrogens with zero attached hydrogens (tertiary/aromatic N) is 2. The Morgan fingerprint density at radius 3 is 2.33 bits per heavy atom. The molecule has 3 heterocycles. The van der Waals surface area contributed by atoms with E-state index in [1.54, 1.807) is 30.3 Å². The summed E-state index contributed by atoms with van der Waals surface area (Å²) in [7, 11) is 0. The predicted octanol–water partition coefficient (Wildman–Crippen LogP) is 9.09. The van der Waals surface area contributed by atoms with Gasteiger partial charge in [-0.05, 0) is 88.8 Å².